The summed E-state index contributed by atoms with van der Waals surface area (Å²) in [5.41, 5.74) is 0.990. The summed E-state index contributed by atoms with van der Waals surface area (Å²) in [5, 5.41) is 6.21. The maximum absolute atomic E-state index is 13.3. The van der Waals surface area contributed by atoms with E-state index in [4.69, 9.17) is 9.47 Å². The minimum atomic E-state index is -0.817. The summed E-state index contributed by atoms with van der Waals surface area (Å²) in [6, 6.07) is 4.69. The molecule has 11 heteroatoms. The minimum absolute atomic E-state index is 0.0709. The molecule has 1 aromatic rings. The van der Waals surface area contributed by atoms with E-state index in [1.807, 2.05) is 32.9 Å². The van der Waals surface area contributed by atoms with Crippen LogP contribution in [-0.2, 0) is 30.4 Å². The molecular formula is C31H46N4O7. The van der Waals surface area contributed by atoms with Crippen molar-refractivity contribution in [1.82, 2.24) is 15.1 Å². The van der Waals surface area contributed by atoms with Crippen molar-refractivity contribution in [2.75, 3.05) is 25.0 Å². The number of imide groups is 1. The number of piperidine rings is 1. The van der Waals surface area contributed by atoms with Gasteiger partial charge < -0.3 is 25.0 Å². The Morgan fingerprint density at radius 1 is 0.905 bits per heavy atom. The Kier molecular flexibility index (Phi) is 11.0. The largest absolute Gasteiger partial charge is 0.459 e. The number of benzene rings is 1. The molecule has 1 atom stereocenters. The Morgan fingerprint density at radius 2 is 1.55 bits per heavy atom. The zero-order chi connectivity index (χ0) is 31.1. The number of hydrogen-bond donors (Lipinski definition) is 2. The second-order valence-electron chi connectivity index (χ2n) is 12.8. The summed E-state index contributed by atoms with van der Waals surface area (Å²) in [7, 11) is 0. The number of esters is 1. The number of alkyl carbamates (subject to hydrolysis) is 1. The maximum Gasteiger partial charge on any atom is 0.407 e. The molecule has 0 aromatic heterocycles. The highest BCUT2D eigenvalue weighted by Crippen LogP contribution is 2.33. The number of hydrogen-bond acceptors (Lipinski definition) is 8. The molecular weight excluding hydrogens is 540 g/mol. The van der Waals surface area contributed by atoms with Crippen LogP contribution in [0.2, 0.25) is 0 Å². The van der Waals surface area contributed by atoms with Crippen LogP contribution >= 0.6 is 0 Å². The second-order valence-corrected chi connectivity index (χ2v) is 12.8. The van der Waals surface area contributed by atoms with Gasteiger partial charge in [-0.1, -0.05) is 25.3 Å². The number of unbranched alkanes of at least 4 members (excludes halogenated alkanes) is 4. The predicted molar refractivity (Wildman–Crippen MR) is 158 cm³/mol. The summed E-state index contributed by atoms with van der Waals surface area (Å²) in [4.78, 5) is 65.6. The lowest BCUT2D eigenvalue weighted by molar-refractivity contribution is -0.165. The third-order valence-electron chi connectivity index (χ3n) is 6.90. The first-order valence-corrected chi connectivity index (χ1v) is 14.9. The highest BCUT2D eigenvalue weighted by Gasteiger charge is 2.44. The van der Waals surface area contributed by atoms with E-state index in [1.54, 1.807) is 26.8 Å². The zero-order valence-corrected chi connectivity index (χ0v) is 25.8. The standard InChI is InChI=1S/C31H46N4O7/c1-30(2,3)41-26(37)20-35-25(36)16-15-24(28(35)39)34-19-22-21(27(34)38)13-12-14-23(22)32-17-10-8-7-9-11-18-33-29(40)42-31(4,5)6/h12-14,24,32H,7-11,15-20H2,1-6H3,(H,33,40). The first kappa shape index (κ1) is 32.9. The number of carbonyl (C=O) groups excluding carboxylic acids is 5. The fourth-order valence-corrected chi connectivity index (χ4v) is 5.06. The van der Waals surface area contributed by atoms with Crippen LogP contribution in [0.25, 0.3) is 0 Å². The van der Waals surface area contributed by atoms with Gasteiger partial charge in [-0.25, -0.2) is 4.79 Å². The summed E-state index contributed by atoms with van der Waals surface area (Å²) >= 11 is 0. The minimum Gasteiger partial charge on any atom is -0.459 e. The molecule has 0 saturated carbocycles. The van der Waals surface area contributed by atoms with Gasteiger partial charge in [0.25, 0.3) is 11.8 Å². The molecule has 3 rings (SSSR count). The van der Waals surface area contributed by atoms with Crippen molar-refractivity contribution in [3.05, 3.63) is 29.3 Å². The molecule has 0 aliphatic carbocycles. The normalized spacial score (nSPS) is 17.3. The highest BCUT2D eigenvalue weighted by molar-refractivity contribution is 6.07. The molecule has 1 fully saturated rings. The van der Waals surface area contributed by atoms with Crippen molar-refractivity contribution < 1.29 is 33.4 Å². The van der Waals surface area contributed by atoms with Gasteiger partial charge in [0.1, 0.15) is 23.8 Å². The van der Waals surface area contributed by atoms with Crippen molar-refractivity contribution in [1.29, 1.82) is 0 Å². The third-order valence-corrected chi connectivity index (χ3v) is 6.90. The van der Waals surface area contributed by atoms with Crippen LogP contribution in [0.5, 0.6) is 0 Å². The zero-order valence-electron chi connectivity index (χ0n) is 25.8. The average Bonchev–Trinajstić information content (AvgIpc) is 3.20. The molecule has 232 valence electrons. The SMILES string of the molecule is CC(C)(C)OC(=O)CN1C(=O)CCC(N2Cc3c(NCCCCCCCNC(=O)OC(C)(C)C)cccc3C2=O)C1=O. The highest BCUT2D eigenvalue weighted by atomic mass is 16.6. The lowest BCUT2D eigenvalue weighted by Crippen LogP contribution is -2.56. The van der Waals surface area contributed by atoms with Crippen molar-refractivity contribution in [3.8, 4) is 0 Å². The topological polar surface area (TPSA) is 134 Å². The van der Waals surface area contributed by atoms with Gasteiger partial charge in [-0.3, -0.25) is 24.1 Å². The van der Waals surface area contributed by atoms with Crippen LogP contribution in [0, 0.1) is 0 Å². The van der Waals surface area contributed by atoms with Gasteiger partial charge in [0, 0.05) is 42.9 Å². The number of ether oxygens (including phenoxy) is 2. The molecule has 2 aliphatic rings. The fourth-order valence-electron chi connectivity index (χ4n) is 5.06. The maximum atomic E-state index is 13.3. The van der Waals surface area contributed by atoms with Crippen LogP contribution in [-0.4, -0.2) is 76.5 Å². The summed E-state index contributed by atoms with van der Waals surface area (Å²) in [6.45, 7) is 11.8. The van der Waals surface area contributed by atoms with E-state index in [2.05, 4.69) is 10.6 Å². The number of fused-ring (bicyclic) bond motifs is 1. The number of carbonyl (C=O) groups is 5. The van der Waals surface area contributed by atoms with Gasteiger partial charge in [0.15, 0.2) is 0 Å². The predicted octanol–water partition coefficient (Wildman–Crippen LogP) is 4.39. The second kappa shape index (κ2) is 14.0. The van der Waals surface area contributed by atoms with Crippen molar-refractivity contribution in [2.24, 2.45) is 0 Å². The Labute approximate surface area is 248 Å². The van der Waals surface area contributed by atoms with E-state index in [-0.39, 0.29) is 25.3 Å². The first-order chi connectivity index (χ1) is 19.7. The van der Waals surface area contributed by atoms with Gasteiger partial charge in [-0.05, 0) is 72.9 Å². The smallest absolute Gasteiger partial charge is 0.407 e. The number of amides is 4. The van der Waals surface area contributed by atoms with E-state index < -0.39 is 47.7 Å². The van der Waals surface area contributed by atoms with E-state index in [9.17, 15) is 24.0 Å². The van der Waals surface area contributed by atoms with Crippen LogP contribution in [0.4, 0.5) is 10.5 Å². The monoisotopic (exact) mass is 586 g/mol. The van der Waals surface area contributed by atoms with Crippen LogP contribution < -0.4 is 10.6 Å². The van der Waals surface area contributed by atoms with E-state index >= 15 is 0 Å². The van der Waals surface area contributed by atoms with E-state index in [0.717, 1.165) is 54.8 Å². The first-order valence-electron chi connectivity index (χ1n) is 14.9. The fraction of sp³-hybridized carbons (Fsp3) is 0.645. The van der Waals surface area contributed by atoms with Gasteiger partial charge in [-0.2, -0.15) is 0 Å². The van der Waals surface area contributed by atoms with Crippen molar-refractivity contribution >= 4 is 35.5 Å². The summed E-state index contributed by atoms with van der Waals surface area (Å²) in [6.07, 6.45) is 4.80. The van der Waals surface area contributed by atoms with Gasteiger partial charge >= 0.3 is 12.1 Å². The van der Waals surface area contributed by atoms with E-state index in [0.29, 0.717) is 12.1 Å². The molecule has 1 saturated heterocycles. The molecule has 1 aromatic carbocycles. The van der Waals surface area contributed by atoms with Gasteiger partial charge in [-0.15, -0.1) is 0 Å². The quantitative estimate of drug-likeness (QED) is 0.209. The molecule has 2 N–H and O–H groups in total. The Balaban J connectivity index is 1.46. The molecule has 4 amide bonds. The molecule has 0 bridgehead atoms. The summed E-state index contributed by atoms with van der Waals surface area (Å²) < 4.78 is 10.5. The van der Waals surface area contributed by atoms with E-state index in [1.165, 1.54) is 4.90 Å². The molecule has 2 heterocycles. The molecule has 42 heavy (non-hydrogen) atoms. The van der Waals surface area contributed by atoms with Crippen molar-refractivity contribution in [3.63, 3.8) is 0 Å². The van der Waals surface area contributed by atoms with Gasteiger partial charge in [0.05, 0.1) is 0 Å². The average molecular weight is 587 g/mol. The van der Waals surface area contributed by atoms with Gasteiger partial charge in [0.2, 0.25) is 5.91 Å². The molecule has 11 nitrogen and oxygen atoms in total. The van der Waals surface area contributed by atoms with Crippen LogP contribution in [0.1, 0.15) is 102 Å². The lowest BCUT2D eigenvalue weighted by Gasteiger charge is -2.35. The lowest BCUT2D eigenvalue weighted by atomic mass is 10.0. The summed E-state index contributed by atoms with van der Waals surface area (Å²) in [5.74, 6) is -1.90. The Hall–Kier alpha value is -3.63. The van der Waals surface area contributed by atoms with Crippen LogP contribution in [0.15, 0.2) is 18.2 Å². The number of nitrogens with one attached hydrogen (secondary N) is 2. The number of likely N-dealkylation sites (tertiary alicyclic amines) is 1. The van der Waals surface area contributed by atoms with Crippen molar-refractivity contribution in [2.45, 2.75) is 110 Å². The van der Waals surface area contributed by atoms with Crippen LogP contribution in [0.3, 0.4) is 0 Å². The Bertz CT molecular complexity index is 1170. The third kappa shape index (κ3) is 9.46. The number of anilines is 1. The Morgan fingerprint density at radius 3 is 2.21 bits per heavy atom. The molecule has 0 radical (unpaired) electrons. The molecule has 1 unspecified atom stereocenters. The number of rotatable bonds is 12. The number of nitrogens with zero attached hydrogens (tertiary/aromatic N) is 2. The molecule has 0 spiro atoms. The molecule has 2 aliphatic heterocycles.